The molecule has 0 bridgehead atoms. The minimum atomic E-state index is 0.442. The minimum absolute atomic E-state index is 0.442. The van der Waals surface area contributed by atoms with Gasteiger partial charge in [-0.3, -0.25) is 0 Å². The number of halogens is 1. The lowest BCUT2D eigenvalue weighted by Gasteiger charge is -2.38. The Kier molecular flexibility index (Phi) is 3.77. The average molecular weight is 275 g/mol. The first kappa shape index (κ1) is 11.9. The lowest BCUT2D eigenvalue weighted by Crippen LogP contribution is -2.40. The Morgan fingerprint density at radius 3 is 2.73 bits per heavy atom. The zero-order valence-electron chi connectivity index (χ0n) is 9.97. The maximum atomic E-state index is 6.02. The number of ether oxygens (including phenoxy) is 1. The first-order chi connectivity index (χ1) is 7.24. The molecule has 88 valence electrons. The second-order valence-electron chi connectivity index (χ2n) is 5.44. The first-order valence-corrected chi connectivity index (χ1v) is 7.54. The maximum Gasteiger partial charge on any atom is 0.0670 e. The van der Waals surface area contributed by atoms with Gasteiger partial charge < -0.3 is 4.74 Å². The summed E-state index contributed by atoms with van der Waals surface area (Å²) in [6, 6.07) is 0. The Morgan fingerprint density at radius 2 is 2.20 bits per heavy atom. The molecule has 0 aromatic rings. The van der Waals surface area contributed by atoms with Crippen molar-refractivity contribution in [2.45, 2.75) is 52.1 Å². The zero-order chi connectivity index (χ0) is 10.9. The third kappa shape index (κ3) is 2.12. The molecule has 15 heavy (non-hydrogen) atoms. The Balaban J connectivity index is 2.10. The molecule has 0 aromatic carbocycles. The minimum Gasteiger partial charge on any atom is -0.377 e. The van der Waals surface area contributed by atoms with E-state index in [4.69, 9.17) is 4.74 Å². The predicted molar refractivity (Wildman–Crippen MR) is 67.4 cm³/mol. The van der Waals surface area contributed by atoms with Crippen LogP contribution in [0.3, 0.4) is 0 Å². The summed E-state index contributed by atoms with van der Waals surface area (Å²) in [6.45, 7) is 5.70. The van der Waals surface area contributed by atoms with Crippen LogP contribution in [0.2, 0.25) is 0 Å². The molecule has 0 amide bonds. The summed E-state index contributed by atoms with van der Waals surface area (Å²) >= 11 is 3.76. The van der Waals surface area contributed by atoms with Gasteiger partial charge in [-0.25, -0.2) is 0 Å². The van der Waals surface area contributed by atoms with Crippen LogP contribution in [-0.4, -0.2) is 18.0 Å². The van der Waals surface area contributed by atoms with Gasteiger partial charge in [0.15, 0.2) is 0 Å². The van der Waals surface area contributed by atoms with Crippen LogP contribution in [0.15, 0.2) is 0 Å². The first-order valence-electron chi connectivity index (χ1n) is 6.42. The standard InChI is InChI=1S/C13H23BrO/c1-3-4-10(2)13(9-14)7-8-15-12(13)11-5-6-11/h10-12H,3-9H2,1-2H3. The highest BCUT2D eigenvalue weighted by Crippen LogP contribution is 2.53. The molecule has 0 N–H and O–H groups in total. The van der Waals surface area contributed by atoms with Gasteiger partial charge in [-0.2, -0.15) is 0 Å². The van der Waals surface area contributed by atoms with Gasteiger partial charge in [-0.1, -0.05) is 42.6 Å². The van der Waals surface area contributed by atoms with Crippen molar-refractivity contribution in [2.75, 3.05) is 11.9 Å². The van der Waals surface area contributed by atoms with E-state index < -0.39 is 0 Å². The molecule has 0 aromatic heterocycles. The summed E-state index contributed by atoms with van der Waals surface area (Å²) in [7, 11) is 0. The molecule has 2 fully saturated rings. The second-order valence-corrected chi connectivity index (χ2v) is 6.00. The van der Waals surface area contributed by atoms with Crippen LogP contribution in [0, 0.1) is 17.3 Å². The van der Waals surface area contributed by atoms with Crippen molar-refractivity contribution in [2.24, 2.45) is 17.3 Å². The van der Waals surface area contributed by atoms with Crippen LogP contribution in [-0.2, 0) is 4.74 Å². The smallest absolute Gasteiger partial charge is 0.0670 e. The van der Waals surface area contributed by atoms with Crippen molar-refractivity contribution < 1.29 is 4.74 Å². The fourth-order valence-corrected chi connectivity index (χ4v) is 4.36. The van der Waals surface area contributed by atoms with Gasteiger partial charge in [0.05, 0.1) is 6.10 Å². The molecule has 2 heteroatoms. The third-order valence-electron chi connectivity index (χ3n) is 4.43. The number of hydrogen-bond donors (Lipinski definition) is 0. The Labute approximate surface area is 102 Å². The zero-order valence-corrected chi connectivity index (χ0v) is 11.6. The lowest BCUT2D eigenvalue weighted by atomic mass is 9.69. The lowest BCUT2D eigenvalue weighted by molar-refractivity contribution is 0.0147. The van der Waals surface area contributed by atoms with Crippen molar-refractivity contribution in [3.05, 3.63) is 0 Å². The van der Waals surface area contributed by atoms with E-state index in [1.165, 1.54) is 32.1 Å². The SMILES string of the molecule is CCCC(C)C1(CBr)CCOC1C1CC1. The van der Waals surface area contributed by atoms with E-state index >= 15 is 0 Å². The Morgan fingerprint density at radius 1 is 1.47 bits per heavy atom. The maximum absolute atomic E-state index is 6.02. The van der Waals surface area contributed by atoms with E-state index in [-0.39, 0.29) is 0 Å². The van der Waals surface area contributed by atoms with E-state index in [1.807, 2.05) is 0 Å². The van der Waals surface area contributed by atoms with Crippen LogP contribution < -0.4 is 0 Å². The molecule has 1 heterocycles. The summed E-state index contributed by atoms with van der Waals surface area (Å²) in [5, 5.41) is 1.13. The van der Waals surface area contributed by atoms with Crippen molar-refractivity contribution in [1.29, 1.82) is 0 Å². The van der Waals surface area contributed by atoms with Crippen LogP contribution in [0.5, 0.6) is 0 Å². The molecule has 0 spiro atoms. The fourth-order valence-electron chi connectivity index (χ4n) is 3.21. The largest absolute Gasteiger partial charge is 0.377 e. The van der Waals surface area contributed by atoms with E-state index in [9.17, 15) is 0 Å². The van der Waals surface area contributed by atoms with Gasteiger partial charge >= 0.3 is 0 Å². The Bertz CT molecular complexity index is 215. The molecule has 1 saturated carbocycles. The van der Waals surface area contributed by atoms with Gasteiger partial charge in [0.1, 0.15) is 0 Å². The number of alkyl halides is 1. The van der Waals surface area contributed by atoms with Crippen molar-refractivity contribution >= 4 is 15.9 Å². The van der Waals surface area contributed by atoms with Crippen molar-refractivity contribution in [3.8, 4) is 0 Å². The highest BCUT2D eigenvalue weighted by Gasteiger charge is 2.52. The van der Waals surface area contributed by atoms with E-state index in [0.29, 0.717) is 11.5 Å². The van der Waals surface area contributed by atoms with Gasteiger partial charge in [0.2, 0.25) is 0 Å². The molecule has 0 radical (unpaired) electrons. The van der Waals surface area contributed by atoms with Crippen molar-refractivity contribution in [1.82, 2.24) is 0 Å². The molecule has 1 aliphatic carbocycles. The number of rotatable bonds is 5. The molecule has 1 aliphatic heterocycles. The van der Waals surface area contributed by atoms with E-state index in [2.05, 4.69) is 29.8 Å². The number of hydrogen-bond acceptors (Lipinski definition) is 1. The quantitative estimate of drug-likeness (QED) is 0.689. The molecule has 1 nitrogen and oxygen atoms in total. The highest BCUT2D eigenvalue weighted by atomic mass is 79.9. The summed E-state index contributed by atoms with van der Waals surface area (Å²) in [6.07, 6.45) is 7.26. The van der Waals surface area contributed by atoms with Crippen LogP contribution >= 0.6 is 15.9 Å². The third-order valence-corrected chi connectivity index (χ3v) is 5.48. The van der Waals surface area contributed by atoms with Crippen LogP contribution in [0.1, 0.15) is 46.0 Å². The second kappa shape index (κ2) is 4.75. The normalized spacial score (nSPS) is 38.2. The molecule has 1 saturated heterocycles. The van der Waals surface area contributed by atoms with Gasteiger partial charge in [0, 0.05) is 17.4 Å². The predicted octanol–water partition coefficient (Wildman–Crippen LogP) is 4.00. The molecule has 3 atom stereocenters. The average Bonchev–Trinajstić information content (AvgIpc) is 2.98. The molecular weight excluding hydrogens is 252 g/mol. The molecule has 2 rings (SSSR count). The fraction of sp³-hybridized carbons (Fsp3) is 1.00. The molecular formula is C13H23BrO. The molecule has 2 aliphatic rings. The summed E-state index contributed by atoms with van der Waals surface area (Å²) < 4.78 is 6.02. The topological polar surface area (TPSA) is 9.23 Å². The summed E-state index contributed by atoms with van der Waals surface area (Å²) in [5.74, 6) is 1.68. The summed E-state index contributed by atoms with van der Waals surface area (Å²) in [4.78, 5) is 0. The van der Waals surface area contributed by atoms with E-state index in [1.54, 1.807) is 0 Å². The monoisotopic (exact) mass is 274 g/mol. The van der Waals surface area contributed by atoms with Crippen LogP contribution in [0.4, 0.5) is 0 Å². The Hall–Kier alpha value is 0.440. The molecule has 3 unspecified atom stereocenters. The van der Waals surface area contributed by atoms with Gasteiger partial charge in [-0.05, 0) is 31.1 Å². The highest BCUT2D eigenvalue weighted by molar-refractivity contribution is 9.09. The van der Waals surface area contributed by atoms with E-state index in [0.717, 1.165) is 23.8 Å². The summed E-state index contributed by atoms with van der Waals surface area (Å²) in [5.41, 5.74) is 0.442. The van der Waals surface area contributed by atoms with Gasteiger partial charge in [0.25, 0.3) is 0 Å². The van der Waals surface area contributed by atoms with Gasteiger partial charge in [-0.15, -0.1) is 0 Å². The van der Waals surface area contributed by atoms with Crippen molar-refractivity contribution in [3.63, 3.8) is 0 Å². The van der Waals surface area contributed by atoms with Crippen LogP contribution in [0.25, 0.3) is 0 Å².